The van der Waals surface area contributed by atoms with E-state index in [1.165, 1.54) is 4.68 Å². The van der Waals surface area contributed by atoms with Crippen molar-refractivity contribution in [2.75, 3.05) is 11.9 Å². The first kappa shape index (κ1) is 15.3. The maximum atomic E-state index is 11.9. The van der Waals surface area contributed by atoms with Crippen LogP contribution in [0.15, 0.2) is 41.2 Å². The fraction of sp³-hybridized carbons (Fsp3) is 0.353. The number of anilines is 1. The van der Waals surface area contributed by atoms with Gasteiger partial charge < -0.3 is 10.6 Å². The molecule has 0 radical (unpaired) electrons. The van der Waals surface area contributed by atoms with Gasteiger partial charge in [0.05, 0.1) is 12.2 Å². The van der Waals surface area contributed by atoms with Gasteiger partial charge in [0.15, 0.2) is 0 Å². The molecule has 6 heteroatoms. The summed E-state index contributed by atoms with van der Waals surface area (Å²) in [5.41, 5.74) is 2.60. The van der Waals surface area contributed by atoms with Crippen LogP contribution in [0.3, 0.4) is 0 Å². The van der Waals surface area contributed by atoms with E-state index in [0.29, 0.717) is 19.0 Å². The Bertz CT molecular complexity index is 765. The Morgan fingerprint density at radius 3 is 2.78 bits per heavy atom. The summed E-state index contributed by atoms with van der Waals surface area (Å²) in [5, 5.41) is 9.90. The Labute approximate surface area is 134 Å². The Hall–Kier alpha value is -2.63. The second-order valence-electron chi connectivity index (χ2n) is 5.79. The molecule has 0 aliphatic heterocycles. The topological polar surface area (TPSA) is 76.0 Å². The van der Waals surface area contributed by atoms with Gasteiger partial charge in [-0.15, -0.1) is 0 Å². The number of carbonyl (C=O) groups is 1. The van der Waals surface area contributed by atoms with Gasteiger partial charge in [-0.05, 0) is 37.5 Å². The predicted octanol–water partition coefficient (Wildman–Crippen LogP) is 2.25. The van der Waals surface area contributed by atoms with Gasteiger partial charge in [0.25, 0.3) is 5.56 Å². The van der Waals surface area contributed by atoms with Gasteiger partial charge in [-0.2, -0.15) is 5.10 Å². The minimum atomic E-state index is -0.286. The smallest absolute Gasteiger partial charge is 0.319 e. The zero-order chi connectivity index (χ0) is 16.2. The number of amides is 2. The third-order valence-corrected chi connectivity index (χ3v) is 3.89. The monoisotopic (exact) mass is 312 g/mol. The molecule has 1 fully saturated rings. The van der Waals surface area contributed by atoms with E-state index in [4.69, 9.17) is 0 Å². The third kappa shape index (κ3) is 3.97. The van der Waals surface area contributed by atoms with E-state index in [1.54, 1.807) is 12.1 Å². The van der Waals surface area contributed by atoms with E-state index in [0.717, 1.165) is 29.8 Å². The molecular formula is C17H20N4O2. The third-order valence-electron chi connectivity index (χ3n) is 3.89. The number of carbonyl (C=O) groups excluding carboxylic acids is 1. The normalized spacial score (nSPS) is 13.6. The molecule has 1 aromatic carbocycles. The van der Waals surface area contributed by atoms with Crippen molar-refractivity contribution >= 4 is 11.7 Å². The molecule has 1 aromatic heterocycles. The second kappa shape index (κ2) is 6.64. The number of hydrogen-bond acceptors (Lipinski definition) is 3. The number of urea groups is 1. The molecule has 1 saturated carbocycles. The summed E-state index contributed by atoms with van der Waals surface area (Å²) in [4.78, 5) is 23.7. The van der Waals surface area contributed by atoms with Gasteiger partial charge in [0, 0.05) is 24.2 Å². The SMILES string of the molecule is Cc1ccccc1NC(=O)NCCn1nc(C2CC2)ccc1=O. The molecule has 1 aliphatic carbocycles. The molecule has 6 nitrogen and oxygen atoms in total. The highest BCUT2D eigenvalue weighted by Crippen LogP contribution is 2.38. The summed E-state index contributed by atoms with van der Waals surface area (Å²) in [6, 6.07) is 10.6. The van der Waals surface area contributed by atoms with Crippen LogP contribution in [0.2, 0.25) is 0 Å². The molecule has 2 N–H and O–H groups in total. The number of nitrogens with one attached hydrogen (secondary N) is 2. The first-order chi connectivity index (χ1) is 11.1. The van der Waals surface area contributed by atoms with Crippen LogP contribution in [-0.4, -0.2) is 22.4 Å². The zero-order valence-corrected chi connectivity index (χ0v) is 13.1. The van der Waals surface area contributed by atoms with Gasteiger partial charge in [-0.25, -0.2) is 9.48 Å². The highest BCUT2D eigenvalue weighted by Gasteiger charge is 2.25. The lowest BCUT2D eigenvalue weighted by Crippen LogP contribution is -2.34. The molecule has 2 amide bonds. The van der Waals surface area contributed by atoms with Crippen molar-refractivity contribution in [3.05, 3.63) is 58.0 Å². The quantitative estimate of drug-likeness (QED) is 0.889. The van der Waals surface area contributed by atoms with Crippen molar-refractivity contribution in [2.45, 2.75) is 32.2 Å². The van der Waals surface area contributed by atoms with Crippen LogP contribution in [0, 0.1) is 6.92 Å². The fourth-order valence-corrected chi connectivity index (χ4v) is 2.38. The van der Waals surface area contributed by atoms with Crippen LogP contribution in [-0.2, 0) is 6.54 Å². The number of nitrogens with zero attached hydrogens (tertiary/aromatic N) is 2. The lowest BCUT2D eigenvalue weighted by atomic mass is 10.2. The Morgan fingerprint density at radius 1 is 1.26 bits per heavy atom. The predicted molar refractivity (Wildman–Crippen MR) is 88.7 cm³/mol. The summed E-state index contributed by atoms with van der Waals surface area (Å²) in [7, 11) is 0. The molecular weight excluding hydrogens is 292 g/mol. The van der Waals surface area contributed by atoms with Crippen LogP contribution in [0.4, 0.5) is 10.5 Å². The highest BCUT2D eigenvalue weighted by molar-refractivity contribution is 5.89. The van der Waals surface area contributed by atoms with Crippen LogP contribution in [0.25, 0.3) is 0 Å². The van der Waals surface area contributed by atoms with Crippen molar-refractivity contribution < 1.29 is 4.79 Å². The van der Waals surface area contributed by atoms with Crippen LogP contribution in [0.1, 0.15) is 30.0 Å². The number of benzene rings is 1. The summed E-state index contributed by atoms with van der Waals surface area (Å²) in [6.45, 7) is 2.64. The standard InChI is InChI=1S/C17H20N4O2/c1-12-4-2-3-5-14(12)19-17(23)18-10-11-21-16(22)9-8-15(20-21)13-6-7-13/h2-5,8-9,13H,6-7,10-11H2,1H3,(H2,18,19,23). The van der Waals surface area contributed by atoms with Gasteiger partial charge in [-0.1, -0.05) is 18.2 Å². The molecule has 0 unspecified atom stereocenters. The Kier molecular flexibility index (Phi) is 4.41. The molecule has 0 saturated heterocycles. The number of aromatic nitrogens is 2. The molecule has 1 heterocycles. The largest absolute Gasteiger partial charge is 0.336 e. The van der Waals surface area contributed by atoms with E-state index in [9.17, 15) is 9.59 Å². The second-order valence-corrected chi connectivity index (χ2v) is 5.79. The van der Waals surface area contributed by atoms with Crippen LogP contribution < -0.4 is 16.2 Å². The number of aryl methyl sites for hydroxylation is 1. The first-order valence-electron chi connectivity index (χ1n) is 7.82. The Balaban J connectivity index is 1.53. The molecule has 120 valence electrons. The van der Waals surface area contributed by atoms with Crippen molar-refractivity contribution in [2.24, 2.45) is 0 Å². The van der Waals surface area contributed by atoms with Gasteiger partial charge in [0.1, 0.15) is 0 Å². The van der Waals surface area contributed by atoms with E-state index in [1.807, 2.05) is 31.2 Å². The minimum Gasteiger partial charge on any atom is -0.336 e. The highest BCUT2D eigenvalue weighted by atomic mass is 16.2. The molecule has 0 spiro atoms. The van der Waals surface area contributed by atoms with E-state index >= 15 is 0 Å². The fourth-order valence-electron chi connectivity index (χ4n) is 2.38. The Morgan fingerprint density at radius 2 is 2.04 bits per heavy atom. The maximum absolute atomic E-state index is 11.9. The average Bonchev–Trinajstić information content (AvgIpc) is 3.36. The zero-order valence-electron chi connectivity index (χ0n) is 13.1. The van der Waals surface area contributed by atoms with Crippen LogP contribution >= 0.6 is 0 Å². The van der Waals surface area contributed by atoms with Crippen molar-refractivity contribution in [3.8, 4) is 0 Å². The van der Waals surface area contributed by atoms with E-state index in [-0.39, 0.29) is 11.6 Å². The minimum absolute atomic E-state index is 0.143. The molecule has 0 atom stereocenters. The van der Waals surface area contributed by atoms with Crippen LogP contribution in [0.5, 0.6) is 0 Å². The summed E-state index contributed by atoms with van der Waals surface area (Å²) in [6.07, 6.45) is 2.28. The van der Waals surface area contributed by atoms with Crippen molar-refractivity contribution in [1.29, 1.82) is 0 Å². The molecule has 0 bridgehead atoms. The van der Waals surface area contributed by atoms with Gasteiger partial charge >= 0.3 is 6.03 Å². The molecule has 3 rings (SSSR count). The number of hydrogen-bond donors (Lipinski definition) is 2. The lowest BCUT2D eigenvalue weighted by molar-refractivity contribution is 0.251. The summed E-state index contributed by atoms with van der Waals surface area (Å²) >= 11 is 0. The van der Waals surface area contributed by atoms with Gasteiger partial charge in [0.2, 0.25) is 0 Å². The first-order valence-corrected chi connectivity index (χ1v) is 7.82. The van der Waals surface area contributed by atoms with Crippen molar-refractivity contribution in [1.82, 2.24) is 15.1 Å². The maximum Gasteiger partial charge on any atom is 0.319 e. The van der Waals surface area contributed by atoms with Gasteiger partial charge in [-0.3, -0.25) is 4.79 Å². The number of rotatable bonds is 5. The van der Waals surface area contributed by atoms with Crippen molar-refractivity contribution in [3.63, 3.8) is 0 Å². The molecule has 1 aliphatic rings. The molecule has 2 aromatic rings. The average molecular weight is 312 g/mol. The summed E-state index contributed by atoms with van der Waals surface area (Å²) < 4.78 is 1.42. The lowest BCUT2D eigenvalue weighted by Gasteiger charge is -2.10. The number of para-hydroxylation sites is 1. The summed E-state index contributed by atoms with van der Waals surface area (Å²) in [5.74, 6) is 0.499. The molecule has 23 heavy (non-hydrogen) atoms. The van der Waals surface area contributed by atoms with E-state index < -0.39 is 0 Å². The van der Waals surface area contributed by atoms with E-state index in [2.05, 4.69) is 15.7 Å².